The van der Waals surface area contributed by atoms with E-state index in [9.17, 15) is 19.1 Å². The fraction of sp³-hybridized carbons (Fsp3) is 0.273. The Morgan fingerprint density at radius 1 is 1.20 bits per heavy atom. The SMILES string of the molecule is COc1ccc(/C(O)=C2\C(=O)C(=O)N(CCN(C)C)[C@@H]2c2ccc(F)cc2)cc1Cl. The van der Waals surface area contributed by atoms with E-state index >= 15 is 0 Å². The summed E-state index contributed by atoms with van der Waals surface area (Å²) in [6.07, 6.45) is 0. The number of amides is 1. The molecule has 30 heavy (non-hydrogen) atoms. The van der Waals surface area contributed by atoms with Crippen molar-refractivity contribution >= 4 is 29.1 Å². The van der Waals surface area contributed by atoms with Gasteiger partial charge in [-0.2, -0.15) is 0 Å². The molecule has 0 saturated carbocycles. The van der Waals surface area contributed by atoms with E-state index in [2.05, 4.69) is 0 Å². The quantitative estimate of drug-likeness (QED) is 0.430. The Hall–Kier alpha value is -2.90. The number of likely N-dealkylation sites (N-methyl/N-ethyl adjacent to an activating group) is 1. The van der Waals surface area contributed by atoms with Gasteiger partial charge in [0.05, 0.1) is 23.7 Å². The summed E-state index contributed by atoms with van der Waals surface area (Å²) in [6.45, 7) is 0.777. The van der Waals surface area contributed by atoms with Crippen LogP contribution in [-0.4, -0.2) is 60.9 Å². The highest BCUT2D eigenvalue weighted by molar-refractivity contribution is 6.46. The lowest BCUT2D eigenvalue weighted by Gasteiger charge is -2.26. The maximum Gasteiger partial charge on any atom is 0.295 e. The molecule has 158 valence electrons. The molecule has 2 aromatic rings. The van der Waals surface area contributed by atoms with Crippen LogP contribution in [0.1, 0.15) is 17.2 Å². The molecular formula is C22H22ClFN2O4. The molecule has 0 bridgehead atoms. The molecule has 1 N–H and O–H groups in total. The molecule has 2 aromatic carbocycles. The molecule has 0 spiro atoms. The van der Waals surface area contributed by atoms with Crippen molar-refractivity contribution in [1.82, 2.24) is 9.80 Å². The first-order valence-corrected chi connectivity index (χ1v) is 9.65. The number of ketones is 1. The van der Waals surface area contributed by atoms with Gasteiger partial charge in [-0.3, -0.25) is 9.59 Å². The van der Waals surface area contributed by atoms with Crippen LogP contribution in [0.15, 0.2) is 48.0 Å². The van der Waals surface area contributed by atoms with Crippen molar-refractivity contribution in [2.45, 2.75) is 6.04 Å². The average molecular weight is 433 g/mol. The smallest absolute Gasteiger partial charge is 0.295 e. The van der Waals surface area contributed by atoms with Crippen LogP contribution in [0.4, 0.5) is 4.39 Å². The number of hydrogen-bond acceptors (Lipinski definition) is 5. The molecule has 1 aliphatic heterocycles. The molecule has 1 amide bonds. The monoisotopic (exact) mass is 432 g/mol. The highest BCUT2D eigenvalue weighted by Gasteiger charge is 2.45. The molecule has 1 aliphatic rings. The van der Waals surface area contributed by atoms with Crippen molar-refractivity contribution in [3.8, 4) is 5.75 Å². The zero-order valence-electron chi connectivity index (χ0n) is 16.9. The predicted molar refractivity (Wildman–Crippen MR) is 112 cm³/mol. The van der Waals surface area contributed by atoms with E-state index < -0.39 is 23.5 Å². The third-order valence-corrected chi connectivity index (χ3v) is 5.23. The number of hydrogen-bond donors (Lipinski definition) is 1. The molecule has 1 fully saturated rings. The molecule has 3 rings (SSSR count). The Morgan fingerprint density at radius 2 is 1.87 bits per heavy atom. The number of carbonyl (C=O) groups is 2. The number of rotatable bonds is 6. The Morgan fingerprint density at radius 3 is 2.43 bits per heavy atom. The fourth-order valence-corrected chi connectivity index (χ4v) is 3.64. The van der Waals surface area contributed by atoms with Gasteiger partial charge in [0.25, 0.3) is 11.7 Å². The van der Waals surface area contributed by atoms with Crippen LogP contribution >= 0.6 is 11.6 Å². The van der Waals surface area contributed by atoms with E-state index in [0.717, 1.165) is 0 Å². The van der Waals surface area contributed by atoms with Crippen LogP contribution in [0.5, 0.6) is 5.75 Å². The van der Waals surface area contributed by atoms with E-state index in [4.69, 9.17) is 16.3 Å². The lowest BCUT2D eigenvalue weighted by molar-refractivity contribution is -0.140. The molecule has 1 heterocycles. The first-order valence-electron chi connectivity index (χ1n) is 9.27. The van der Waals surface area contributed by atoms with Crippen molar-refractivity contribution in [2.24, 2.45) is 0 Å². The number of halogens is 2. The molecule has 6 nitrogen and oxygen atoms in total. The Bertz CT molecular complexity index is 1000. The number of ether oxygens (including phenoxy) is 1. The second-order valence-electron chi connectivity index (χ2n) is 7.20. The van der Waals surface area contributed by atoms with Crippen LogP contribution in [0.25, 0.3) is 5.76 Å². The van der Waals surface area contributed by atoms with Gasteiger partial charge in [0, 0.05) is 18.7 Å². The van der Waals surface area contributed by atoms with Crippen LogP contribution < -0.4 is 4.74 Å². The molecule has 1 saturated heterocycles. The van der Waals surface area contributed by atoms with Crippen LogP contribution in [0.2, 0.25) is 5.02 Å². The molecule has 0 unspecified atom stereocenters. The van der Waals surface area contributed by atoms with E-state index in [0.29, 0.717) is 17.9 Å². The minimum Gasteiger partial charge on any atom is -0.507 e. The van der Waals surface area contributed by atoms with Crippen LogP contribution in [0.3, 0.4) is 0 Å². The molecular weight excluding hydrogens is 411 g/mol. The van der Waals surface area contributed by atoms with Crippen molar-refractivity contribution in [3.63, 3.8) is 0 Å². The van der Waals surface area contributed by atoms with Gasteiger partial charge < -0.3 is 19.6 Å². The Balaban J connectivity index is 2.14. The van der Waals surface area contributed by atoms with Crippen molar-refractivity contribution in [2.75, 3.05) is 34.3 Å². The summed E-state index contributed by atoms with van der Waals surface area (Å²) in [5, 5.41) is 11.2. The standard InChI is InChI=1S/C22H22ClFN2O4/c1-25(2)10-11-26-19(13-4-7-15(24)8-5-13)18(21(28)22(26)29)20(27)14-6-9-17(30-3)16(23)12-14/h4-9,12,19,27H,10-11H2,1-3H3/b20-18+/t19-/m1/s1. The number of likely N-dealkylation sites (tertiary alicyclic amines) is 1. The van der Waals surface area contributed by atoms with E-state index in [1.807, 2.05) is 19.0 Å². The Kier molecular flexibility index (Phi) is 6.43. The summed E-state index contributed by atoms with van der Waals surface area (Å²) in [6, 6.07) is 9.25. The first-order chi connectivity index (χ1) is 14.2. The normalized spacial score (nSPS) is 18.3. The van der Waals surface area contributed by atoms with Crippen LogP contribution in [0, 0.1) is 5.82 Å². The number of carbonyl (C=O) groups excluding carboxylic acids is 2. The van der Waals surface area contributed by atoms with E-state index in [1.165, 1.54) is 42.3 Å². The van der Waals surface area contributed by atoms with Gasteiger partial charge in [0.2, 0.25) is 0 Å². The lowest BCUT2D eigenvalue weighted by Crippen LogP contribution is -2.35. The highest BCUT2D eigenvalue weighted by Crippen LogP contribution is 2.40. The third-order valence-electron chi connectivity index (χ3n) is 4.94. The van der Waals surface area contributed by atoms with Crippen molar-refractivity contribution < 1.29 is 23.8 Å². The van der Waals surface area contributed by atoms with Gasteiger partial charge in [-0.1, -0.05) is 23.7 Å². The minimum absolute atomic E-state index is 0.0633. The van der Waals surface area contributed by atoms with Crippen LogP contribution in [-0.2, 0) is 9.59 Å². The first kappa shape index (κ1) is 21.8. The van der Waals surface area contributed by atoms with Gasteiger partial charge in [-0.15, -0.1) is 0 Å². The third kappa shape index (κ3) is 4.17. The highest BCUT2D eigenvalue weighted by atomic mass is 35.5. The summed E-state index contributed by atoms with van der Waals surface area (Å²) >= 11 is 6.16. The summed E-state index contributed by atoms with van der Waals surface area (Å²) in [7, 11) is 5.16. The predicted octanol–water partition coefficient (Wildman–Crippen LogP) is 3.47. The molecule has 0 aliphatic carbocycles. The van der Waals surface area contributed by atoms with Gasteiger partial charge in [-0.25, -0.2) is 4.39 Å². The van der Waals surface area contributed by atoms with Gasteiger partial charge in [0.15, 0.2) is 0 Å². The minimum atomic E-state index is -0.841. The summed E-state index contributed by atoms with van der Waals surface area (Å²) in [5.74, 6) is -1.89. The number of aliphatic hydroxyl groups excluding tert-OH is 1. The summed E-state index contributed by atoms with van der Waals surface area (Å²) in [4.78, 5) is 28.9. The van der Waals surface area contributed by atoms with Gasteiger partial charge in [-0.05, 0) is 50.0 Å². The number of aliphatic hydroxyl groups is 1. The van der Waals surface area contributed by atoms with E-state index in [1.54, 1.807) is 12.1 Å². The molecule has 0 radical (unpaired) electrons. The molecule has 8 heteroatoms. The number of methoxy groups -OCH3 is 1. The maximum absolute atomic E-state index is 13.5. The summed E-state index contributed by atoms with van der Waals surface area (Å²) < 4.78 is 18.6. The number of benzene rings is 2. The number of nitrogens with zero attached hydrogens (tertiary/aromatic N) is 2. The largest absolute Gasteiger partial charge is 0.507 e. The zero-order chi connectivity index (χ0) is 22.0. The van der Waals surface area contributed by atoms with Crippen molar-refractivity contribution in [3.05, 3.63) is 70.0 Å². The fourth-order valence-electron chi connectivity index (χ4n) is 3.38. The average Bonchev–Trinajstić information content (AvgIpc) is 2.96. The lowest BCUT2D eigenvalue weighted by atomic mass is 9.95. The van der Waals surface area contributed by atoms with E-state index in [-0.39, 0.29) is 28.5 Å². The molecule has 1 atom stereocenters. The summed E-state index contributed by atoms with van der Waals surface area (Å²) in [5.41, 5.74) is 0.737. The van der Waals surface area contributed by atoms with Gasteiger partial charge in [0.1, 0.15) is 17.3 Å². The molecule has 0 aromatic heterocycles. The topological polar surface area (TPSA) is 70.1 Å². The van der Waals surface area contributed by atoms with Crippen molar-refractivity contribution in [1.29, 1.82) is 0 Å². The number of Topliss-reactive ketones (excluding diaryl/α,β-unsaturated/α-hetero) is 1. The van der Waals surface area contributed by atoms with Gasteiger partial charge >= 0.3 is 0 Å². The second kappa shape index (κ2) is 8.85. The second-order valence-corrected chi connectivity index (χ2v) is 7.60. The maximum atomic E-state index is 13.5. The Labute approximate surface area is 179 Å². The zero-order valence-corrected chi connectivity index (χ0v) is 17.6.